The van der Waals surface area contributed by atoms with Crippen LogP contribution in [0.3, 0.4) is 0 Å². The van der Waals surface area contributed by atoms with Crippen molar-refractivity contribution in [2.24, 2.45) is 0 Å². The second kappa shape index (κ2) is 6.41. The molecule has 0 saturated carbocycles. The van der Waals surface area contributed by atoms with E-state index in [2.05, 4.69) is 5.32 Å². The molecule has 0 aliphatic carbocycles. The van der Waals surface area contributed by atoms with E-state index in [0.29, 0.717) is 13.0 Å². The van der Waals surface area contributed by atoms with Crippen LogP contribution in [0.5, 0.6) is 0 Å². The largest absolute Gasteiger partial charge is 0.389 e. The van der Waals surface area contributed by atoms with Gasteiger partial charge in [0.2, 0.25) is 5.91 Å². The number of halogens is 2. The molecule has 2 atom stereocenters. The summed E-state index contributed by atoms with van der Waals surface area (Å²) in [4.78, 5) is 24.8. The molecule has 114 valence electrons. The maximum atomic E-state index is 13.8. The second-order valence-corrected chi connectivity index (χ2v) is 5.41. The first-order chi connectivity index (χ1) is 9.90. The molecule has 7 heteroatoms. The Bertz CT molecular complexity index is 567. The molecule has 1 heterocycles. The predicted molar refractivity (Wildman–Crippen MR) is 75.5 cm³/mol. The molecule has 21 heavy (non-hydrogen) atoms. The van der Waals surface area contributed by atoms with Crippen molar-refractivity contribution in [1.82, 2.24) is 10.2 Å². The van der Waals surface area contributed by atoms with Crippen LogP contribution >= 0.6 is 11.6 Å². The summed E-state index contributed by atoms with van der Waals surface area (Å²) in [6.45, 7) is 2.01. The molecular weight excluding hydrogens is 299 g/mol. The summed E-state index contributed by atoms with van der Waals surface area (Å²) in [6, 6.07) is 3.64. The lowest BCUT2D eigenvalue weighted by Gasteiger charge is -2.35. The molecule has 0 spiro atoms. The minimum atomic E-state index is -0.881. The van der Waals surface area contributed by atoms with Gasteiger partial charge in [-0.1, -0.05) is 17.7 Å². The third-order valence-corrected chi connectivity index (χ3v) is 3.83. The van der Waals surface area contributed by atoms with Crippen molar-refractivity contribution in [1.29, 1.82) is 0 Å². The summed E-state index contributed by atoms with van der Waals surface area (Å²) in [6.07, 6.45) is -0.469. The van der Waals surface area contributed by atoms with Gasteiger partial charge < -0.3 is 15.3 Å². The highest BCUT2D eigenvalue weighted by Crippen LogP contribution is 2.19. The van der Waals surface area contributed by atoms with Crippen LogP contribution in [-0.2, 0) is 4.79 Å². The summed E-state index contributed by atoms with van der Waals surface area (Å²) in [5.74, 6) is -1.54. The number of carbonyl (C=O) groups is 2. The van der Waals surface area contributed by atoms with Gasteiger partial charge in [0.15, 0.2) is 5.82 Å². The Morgan fingerprint density at radius 3 is 2.81 bits per heavy atom. The van der Waals surface area contributed by atoms with Crippen LogP contribution in [0.4, 0.5) is 4.39 Å². The van der Waals surface area contributed by atoms with Gasteiger partial charge in [0.1, 0.15) is 0 Å². The lowest BCUT2D eigenvalue weighted by atomic mass is 10.0. The van der Waals surface area contributed by atoms with E-state index in [1.165, 1.54) is 30.0 Å². The molecule has 2 amide bonds. The zero-order valence-corrected chi connectivity index (χ0v) is 12.2. The summed E-state index contributed by atoms with van der Waals surface area (Å²) in [7, 11) is 0. The van der Waals surface area contributed by atoms with Gasteiger partial charge in [0.25, 0.3) is 5.91 Å². The van der Waals surface area contributed by atoms with Gasteiger partial charge in [0.05, 0.1) is 22.7 Å². The highest BCUT2D eigenvalue weighted by Gasteiger charge is 2.30. The first kappa shape index (κ1) is 15.7. The Hall–Kier alpha value is -1.66. The number of nitrogens with one attached hydrogen (secondary N) is 1. The quantitative estimate of drug-likeness (QED) is 0.861. The highest BCUT2D eigenvalue weighted by atomic mass is 35.5. The van der Waals surface area contributed by atoms with Crippen LogP contribution in [-0.4, -0.2) is 47.1 Å². The maximum absolute atomic E-state index is 13.8. The Morgan fingerprint density at radius 2 is 2.19 bits per heavy atom. The molecule has 5 nitrogen and oxygen atoms in total. The first-order valence-electron chi connectivity index (χ1n) is 6.58. The van der Waals surface area contributed by atoms with Crippen LogP contribution < -0.4 is 5.32 Å². The van der Waals surface area contributed by atoms with Crippen molar-refractivity contribution >= 4 is 23.4 Å². The van der Waals surface area contributed by atoms with Crippen molar-refractivity contribution in [3.8, 4) is 0 Å². The van der Waals surface area contributed by atoms with Crippen LogP contribution in [0.25, 0.3) is 0 Å². The monoisotopic (exact) mass is 314 g/mol. The summed E-state index contributed by atoms with van der Waals surface area (Å²) in [5, 5.41) is 12.4. The lowest BCUT2D eigenvalue weighted by molar-refractivity contribution is -0.132. The van der Waals surface area contributed by atoms with Crippen molar-refractivity contribution in [3.63, 3.8) is 0 Å². The van der Waals surface area contributed by atoms with Crippen molar-refractivity contribution in [3.05, 3.63) is 34.6 Å². The number of hydrogen-bond donors (Lipinski definition) is 2. The van der Waals surface area contributed by atoms with Gasteiger partial charge in [0, 0.05) is 20.0 Å². The lowest BCUT2D eigenvalue weighted by Crippen LogP contribution is -2.55. The molecule has 1 aromatic carbocycles. The van der Waals surface area contributed by atoms with Crippen molar-refractivity contribution in [2.75, 3.05) is 13.1 Å². The summed E-state index contributed by atoms with van der Waals surface area (Å²) < 4.78 is 13.8. The molecule has 1 aromatic rings. The van der Waals surface area contributed by atoms with E-state index in [-0.39, 0.29) is 23.0 Å². The Morgan fingerprint density at radius 1 is 1.48 bits per heavy atom. The Kier molecular flexibility index (Phi) is 4.80. The van der Waals surface area contributed by atoms with Gasteiger partial charge in [-0.2, -0.15) is 0 Å². The third-order valence-electron chi connectivity index (χ3n) is 3.54. The minimum Gasteiger partial charge on any atom is -0.389 e. The molecule has 0 unspecified atom stereocenters. The Balaban J connectivity index is 2.03. The van der Waals surface area contributed by atoms with Gasteiger partial charge in [-0.3, -0.25) is 9.59 Å². The average molecular weight is 315 g/mol. The molecule has 1 saturated heterocycles. The predicted octanol–water partition coefficient (Wildman–Crippen LogP) is 1.19. The average Bonchev–Trinajstić information content (AvgIpc) is 2.43. The normalized spacial score (nSPS) is 22.0. The number of piperidine rings is 1. The number of benzene rings is 1. The molecule has 0 radical (unpaired) electrons. The number of hydrogen-bond acceptors (Lipinski definition) is 3. The van der Waals surface area contributed by atoms with Gasteiger partial charge in [-0.25, -0.2) is 4.39 Å². The molecule has 0 aromatic heterocycles. The molecule has 1 aliphatic heterocycles. The smallest absolute Gasteiger partial charge is 0.254 e. The minimum absolute atomic E-state index is 0.125. The number of β-amino-alcohol motifs (C(OH)–C–C–N with tert-alkyl or cyclic N) is 1. The van der Waals surface area contributed by atoms with E-state index in [1.807, 2.05) is 0 Å². The molecule has 0 bridgehead atoms. The molecule has 1 aliphatic rings. The zero-order chi connectivity index (χ0) is 15.6. The number of aliphatic hydroxyl groups excluding tert-OH is 1. The van der Waals surface area contributed by atoms with E-state index < -0.39 is 23.9 Å². The summed E-state index contributed by atoms with van der Waals surface area (Å²) >= 11 is 5.63. The van der Waals surface area contributed by atoms with Crippen LogP contribution in [0.1, 0.15) is 23.7 Å². The van der Waals surface area contributed by atoms with Crippen molar-refractivity contribution in [2.45, 2.75) is 25.5 Å². The van der Waals surface area contributed by atoms with Gasteiger partial charge >= 0.3 is 0 Å². The molecular formula is C14H16ClFN2O3. The number of nitrogens with zero attached hydrogens (tertiary/aromatic N) is 1. The Labute approximate surface area is 126 Å². The van der Waals surface area contributed by atoms with E-state index in [1.54, 1.807) is 0 Å². The SMILES string of the molecule is CC(=O)N1CC[C@@H](NC(=O)c2cccc(Cl)c2F)[C@H](O)C1. The summed E-state index contributed by atoms with van der Waals surface area (Å²) in [5.41, 5.74) is -0.163. The van der Waals surface area contributed by atoms with Crippen LogP contribution in [0, 0.1) is 5.82 Å². The molecule has 2 rings (SSSR count). The number of rotatable bonds is 2. The van der Waals surface area contributed by atoms with E-state index in [4.69, 9.17) is 11.6 Å². The van der Waals surface area contributed by atoms with Crippen LogP contribution in [0.15, 0.2) is 18.2 Å². The maximum Gasteiger partial charge on any atom is 0.254 e. The number of carbonyl (C=O) groups excluding carboxylic acids is 2. The second-order valence-electron chi connectivity index (χ2n) is 5.00. The fourth-order valence-electron chi connectivity index (χ4n) is 2.31. The fourth-order valence-corrected chi connectivity index (χ4v) is 2.49. The number of aliphatic hydroxyl groups is 1. The molecule has 1 fully saturated rings. The van der Waals surface area contributed by atoms with Gasteiger partial charge in [-0.05, 0) is 18.6 Å². The third kappa shape index (κ3) is 3.51. The van der Waals surface area contributed by atoms with Crippen LogP contribution in [0.2, 0.25) is 5.02 Å². The first-order valence-corrected chi connectivity index (χ1v) is 6.96. The molecule has 2 N–H and O–H groups in total. The van der Waals surface area contributed by atoms with E-state index >= 15 is 0 Å². The standard InChI is InChI=1S/C14H16ClFN2O3/c1-8(19)18-6-5-11(12(20)7-18)17-14(21)9-3-2-4-10(15)13(9)16/h2-4,11-12,20H,5-7H2,1H3,(H,17,21)/t11-,12-/m1/s1. The van der Waals surface area contributed by atoms with E-state index in [0.717, 1.165) is 0 Å². The fraction of sp³-hybridized carbons (Fsp3) is 0.429. The van der Waals surface area contributed by atoms with E-state index in [9.17, 15) is 19.1 Å². The van der Waals surface area contributed by atoms with Crippen molar-refractivity contribution < 1.29 is 19.1 Å². The highest BCUT2D eigenvalue weighted by molar-refractivity contribution is 6.31. The number of likely N-dealkylation sites (tertiary alicyclic amines) is 1. The van der Waals surface area contributed by atoms with Gasteiger partial charge in [-0.15, -0.1) is 0 Å². The zero-order valence-electron chi connectivity index (χ0n) is 11.5. The number of amides is 2. The topological polar surface area (TPSA) is 69.6 Å².